The molecule has 0 bridgehead atoms. The lowest BCUT2D eigenvalue weighted by Crippen LogP contribution is -2.34. The molecule has 1 aromatic carbocycles. The number of aliphatic hydroxyl groups is 1. The Morgan fingerprint density at radius 2 is 2.05 bits per heavy atom. The molecule has 1 aliphatic heterocycles. The molecule has 6 heteroatoms. The molecule has 0 atom stereocenters. The van der Waals surface area contributed by atoms with Gasteiger partial charge in [0.1, 0.15) is 0 Å². The van der Waals surface area contributed by atoms with Crippen molar-refractivity contribution in [2.75, 3.05) is 32.2 Å². The minimum atomic E-state index is -0.191. The highest BCUT2D eigenvalue weighted by Crippen LogP contribution is 2.36. The third-order valence-corrected chi connectivity index (χ3v) is 3.21. The minimum Gasteiger partial charge on any atom is -0.454 e. The quantitative estimate of drug-likeness (QED) is 0.766. The van der Waals surface area contributed by atoms with Gasteiger partial charge in [0.2, 0.25) is 6.79 Å². The van der Waals surface area contributed by atoms with Gasteiger partial charge in [-0.1, -0.05) is 13.3 Å². The van der Waals surface area contributed by atoms with E-state index in [0.717, 1.165) is 12.8 Å². The predicted octanol–water partition coefficient (Wildman–Crippen LogP) is 1.23. The van der Waals surface area contributed by atoms with Crippen LogP contribution in [0.3, 0.4) is 0 Å². The van der Waals surface area contributed by atoms with Crippen LogP contribution in [0.25, 0.3) is 0 Å². The largest absolute Gasteiger partial charge is 0.454 e. The van der Waals surface area contributed by atoms with E-state index in [1.165, 1.54) is 0 Å². The van der Waals surface area contributed by atoms with E-state index in [-0.39, 0.29) is 19.3 Å². The molecule has 1 aliphatic rings. The first-order valence-electron chi connectivity index (χ1n) is 6.76. The van der Waals surface area contributed by atoms with Crippen LogP contribution in [0.15, 0.2) is 12.1 Å². The third-order valence-electron chi connectivity index (χ3n) is 3.21. The molecular weight excluding hydrogens is 260 g/mol. The van der Waals surface area contributed by atoms with E-state index < -0.39 is 0 Å². The van der Waals surface area contributed by atoms with Gasteiger partial charge in [-0.25, -0.2) is 0 Å². The number of benzene rings is 1. The number of hydrogen-bond donors (Lipinski definition) is 2. The molecule has 2 rings (SSSR count). The first-order valence-corrected chi connectivity index (χ1v) is 6.76. The number of carbonyl (C=O) groups is 1. The van der Waals surface area contributed by atoms with Crippen LogP contribution in [0.4, 0.5) is 5.69 Å². The fourth-order valence-corrected chi connectivity index (χ4v) is 2.10. The van der Waals surface area contributed by atoms with E-state index >= 15 is 0 Å². The van der Waals surface area contributed by atoms with Gasteiger partial charge in [-0.05, 0) is 12.5 Å². The molecule has 6 nitrogen and oxygen atoms in total. The Morgan fingerprint density at radius 3 is 2.70 bits per heavy atom. The number of carbonyl (C=O) groups excluding carboxylic acids is 1. The highest BCUT2D eigenvalue weighted by Gasteiger charge is 2.22. The Kier molecular flexibility index (Phi) is 4.68. The normalized spacial score (nSPS) is 12.5. The average molecular weight is 280 g/mol. The van der Waals surface area contributed by atoms with E-state index in [9.17, 15) is 4.79 Å². The maximum absolute atomic E-state index is 12.5. The molecule has 110 valence electrons. The number of hydrogen-bond acceptors (Lipinski definition) is 5. The Labute approximate surface area is 118 Å². The number of aliphatic hydroxyl groups excluding tert-OH is 1. The Balaban J connectivity index is 2.22. The summed E-state index contributed by atoms with van der Waals surface area (Å²) >= 11 is 0. The molecule has 0 fully saturated rings. The molecule has 0 spiro atoms. The van der Waals surface area contributed by atoms with E-state index in [1.54, 1.807) is 17.0 Å². The summed E-state index contributed by atoms with van der Waals surface area (Å²) < 4.78 is 10.5. The standard InChI is InChI=1S/C14H20N2O4/c1-2-3-4-16(5-6-17)14(18)10-7-12-13(8-11(10)15)20-9-19-12/h7-8,17H,2-6,9,15H2,1H3. The maximum Gasteiger partial charge on any atom is 0.256 e. The SMILES string of the molecule is CCCCN(CCO)C(=O)c1cc2c(cc1N)OCO2. The highest BCUT2D eigenvalue weighted by atomic mass is 16.7. The number of anilines is 1. The Bertz CT molecular complexity index is 490. The van der Waals surface area contributed by atoms with Crippen LogP contribution < -0.4 is 15.2 Å². The van der Waals surface area contributed by atoms with Gasteiger partial charge in [0.15, 0.2) is 11.5 Å². The highest BCUT2D eigenvalue weighted by molar-refractivity contribution is 6.00. The Morgan fingerprint density at radius 1 is 1.35 bits per heavy atom. The van der Waals surface area contributed by atoms with Crippen molar-refractivity contribution in [3.05, 3.63) is 17.7 Å². The van der Waals surface area contributed by atoms with Crippen LogP contribution in [-0.2, 0) is 0 Å². The van der Waals surface area contributed by atoms with Crippen LogP contribution in [-0.4, -0.2) is 42.4 Å². The zero-order chi connectivity index (χ0) is 14.5. The average Bonchev–Trinajstić information content (AvgIpc) is 2.88. The van der Waals surface area contributed by atoms with Gasteiger partial charge in [0.25, 0.3) is 5.91 Å². The zero-order valence-corrected chi connectivity index (χ0v) is 11.6. The summed E-state index contributed by atoms with van der Waals surface area (Å²) in [6, 6.07) is 3.21. The first kappa shape index (κ1) is 14.5. The maximum atomic E-state index is 12.5. The summed E-state index contributed by atoms with van der Waals surface area (Å²) in [5.74, 6) is 0.895. The van der Waals surface area contributed by atoms with E-state index in [2.05, 4.69) is 6.92 Å². The lowest BCUT2D eigenvalue weighted by Gasteiger charge is -2.22. The molecule has 1 heterocycles. The molecule has 0 radical (unpaired) electrons. The van der Waals surface area contributed by atoms with Gasteiger partial charge in [-0.3, -0.25) is 4.79 Å². The third kappa shape index (κ3) is 2.96. The van der Waals surface area contributed by atoms with Crippen molar-refractivity contribution in [3.8, 4) is 11.5 Å². The van der Waals surface area contributed by atoms with Gasteiger partial charge in [0.05, 0.1) is 12.2 Å². The molecule has 0 saturated heterocycles. The molecular formula is C14H20N2O4. The fraction of sp³-hybridized carbons (Fsp3) is 0.500. The van der Waals surface area contributed by atoms with Gasteiger partial charge in [0, 0.05) is 24.8 Å². The molecule has 0 saturated carbocycles. The molecule has 0 aliphatic carbocycles. The summed E-state index contributed by atoms with van der Waals surface area (Å²) in [4.78, 5) is 14.1. The second-order valence-electron chi connectivity index (χ2n) is 4.66. The topological polar surface area (TPSA) is 85.0 Å². The number of ether oxygens (including phenoxy) is 2. The van der Waals surface area contributed by atoms with Crippen molar-refractivity contribution in [2.45, 2.75) is 19.8 Å². The van der Waals surface area contributed by atoms with Gasteiger partial charge < -0.3 is 25.2 Å². The van der Waals surface area contributed by atoms with Gasteiger partial charge in [-0.15, -0.1) is 0 Å². The molecule has 1 amide bonds. The Hall–Kier alpha value is -1.95. The molecule has 3 N–H and O–H groups in total. The summed E-state index contributed by atoms with van der Waals surface area (Å²) in [5, 5.41) is 9.09. The summed E-state index contributed by atoms with van der Waals surface area (Å²) in [6.07, 6.45) is 1.86. The van der Waals surface area contributed by atoms with E-state index in [4.69, 9.17) is 20.3 Å². The van der Waals surface area contributed by atoms with Crippen LogP contribution >= 0.6 is 0 Å². The van der Waals surface area contributed by atoms with Crippen molar-refractivity contribution in [1.29, 1.82) is 0 Å². The number of rotatable bonds is 6. The predicted molar refractivity (Wildman–Crippen MR) is 74.9 cm³/mol. The van der Waals surface area contributed by atoms with Crippen LogP contribution in [0, 0.1) is 0 Å². The molecule has 0 unspecified atom stereocenters. The first-order chi connectivity index (χ1) is 9.67. The second kappa shape index (κ2) is 6.47. The zero-order valence-electron chi connectivity index (χ0n) is 11.6. The number of amides is 1. The van der Waals surface area contributed by atoms with Gasteiger partial charge >= 0.3 is 0 Å². The summed E-state index contributed by atoms with van der Waals surface area (Å²) in [7, 11) is 0. The smallest absolute Gasteiger partial charge is 0.256 e. The lowest BCUT2D eigenvalue weighted by molar-refractivity contribution is 0.0720. The van der Waals surface area contributed by atoms with Crippen molar-refractivity contribution in [3.63, 3.8) is 0 Å². The number of unbranched alkanes of at least 4 members (excludes halogenated alkanes) is 1. The van der Waals surface area contributed by atoms with Crippen molar-refractivity contribution in [1.82, 2.24) is 4.90 Å². The summed E-state index contributed by atoms with van der Waals surface area (Å²) in [6.45, 7) is 3.02. The number of nitrogens with two attached hydrogens (primary N) is 1. The summed E-state index contributed by atoms with van der Waals surface area (Å²) in [5.41, 5.74) is 6.66. The van der Waals surface area contributed by atoms with Crippen LogP contribution in [0.2, 0.25) is 0 Å². The minimum absolute atomic E-state index is 0.0695. The van der Waals surface area contributed by atoms with Crippen LogP contribution in [0.1, 0.15) is 30.1 Å². The molecule has 20 heavy (non-hydrogen) atoms. The number of nitrogen functional groups attached to an aromatic ring is 1. The molecule has 1 aromatic rings. The molecule has 0 aromatic heterocycles. The van der Waals surface area contributed by atoms with Crippen molar-refractivity contribution >= 4 is 11.6 Å². The monoisotopic (exact) mass is 280 g/mol. The number of nitrogens with zero attached hydrogens (tertiary/aromatic N) is 1. The van der Waals surface area contributed by atoms with Gasteiger partial charge in [-0.2, -0.15) is 0 Å². The fourth-order valence-electron chi connectivity index (χ4n) is 2.10. The van der Waals surface area contributed by atoms with E-state index in [0.29, 0.717) is 35.8 Å². The lowest BCUT2D eigenvalue weighted by atomic mass is 10.1. The van der Waals surface area contributed by atoms with E-state index in [1.807, 2.05) is 0 Å². The van der Waals surface area contributed by atoms with Crippen LogP contribution in [0.5, 0.6) is 11.5 Å². The second-order valence-corrected chi connectivity index (χ2v) is 4.66. The number of fused-ring (bicyclic) bond motifs is 1. The van der Waals surface area contributed by atoms with Crippen molar-refractivity contribution < 1.29 is 19.4 Å². The van der Waals surface area contributed by atoms with Crippen molar-refractivity contribution in [2.24, 2.45) is 0 Å².